The number of nitrogens with zero attached hydrogens (tertiary/aromatic N) is 1. The summed E-state index contributed by atoms with van der Waals surface area (Å²) in [5.41, 5.74) is 0. The topological polar surface area (TPSA) is 16.4 Å². The minimum atomic E-state index is 0.903. The second kappa shape index (κ2) is 0.937. The Bertz CT molecular complexity index is 68.6. The highest BCUT2D eigenvalue weighted by atomic mass is 15.0. The standard InChI is InChI=1S/C3H4N2/c1-2-5-3-4-1/h1-2H2/p+1. The van der Waals surface area contributed by atoms with Crippen LogP contribution in [-0.4, -0.2) is 13.1 Å². The van der Waals surface area contributed by atoms with Gasteiger partial charge in [-0.05, 0) is 0 Å². The Hall–Kier alpha value is -0.710. The SMILES string of the molecule is C1#[N+]CCN1. The van der Waals surface area contributed by atoms with E-state index in [0.29, 0.717) is 0 Å². The summed E-state index contributed by atoms with van der Waals surface area (Å²) >= 11 is 0. The molecule has 26 valence electrons. The second-order valence-corrected chi connectivity index (χ2v) is 0.920. The van der Waals surface area contributed by atoms with Gasteiger partial charge in [-0.25, -0.2) is 5.32 Å². The van der Waals surface area contributed by atoms with Gasteiger partial charge in [0, 0.05) is 0 Å². The summed E-state index contributed by atoms with van der Waals surface area (Å²) in [5.74, 6) is 0. The summed E-state index contributed by atoms with van der Waals surface area (Å²) in [6, 6.07) is 0. The summed E-state index contributed by atoms with van der Waals surface area (Å²) in [6.07, 6.45) is 2.60. The van der Waals surface area contributed by atoms with Gasteiger partial charge in [-0.3, -0.25) is 0 Å². The van der Waals surface area contributed by atoms with Crippen molar-refractivity contribution < 1.29 is 0 Å². The molecule has 0 aromatic rings. The van der Waals surface area contributed by atoms with E-state index in [1.54, 1.807) is 0 Å². The maximum absolute atomic E-state index is 3.72. The number of hydrogen-bond acceptors (Lipinski definition) is 1. The van der Waals surface area contributed by atoms with Crippen molar-refractivity contribution in [1.82, 2.24) is 5.32 Å². The van der Waals surface area contributed by atoms with E-state index in [0.717, 1.165) is 13.1 Å². The maximum atomic E-state index is 3.72. The van der Waals surface area contributed by atoms with E-state index in [4.69, 9.17) is 0 Å². The molecule has 0 unspecified atom stereocenters. The molecule has 0 radical (unpaired) electrons. The molecule has 1 rings (SSSR count). The summed E-state index contributed by atoms with van der Waals surface area (Å²) in [6.45, 7) is 1.88. The highest BCUT2D eigenvalue weighted by Gasteiger charge is 1.94. The molecule has 0 saturated carbocycles. The van der Waals surface area contributed by atoms with Gasteiger partial charge in [0.15, 0.2) is 0 Å². The van der Waals surface area contributed by atoms with Gasteiger partial charge < -0.3 is 0 Å². The van der Waals surface area contributed by atoms with Crippen LogP contribution in [0.1, 0.15) is 0 Å². The van der Waals surface area contributed by atoms with Gasteiger partial charge in [-0.15, -0.1) is 0 Å². The van der Waals surface area contributed by atoms with Crippen LogP contribution >= 0.6 is 0 Å². The predicted octanol–water partition coefficient (Wildman–Crippen LogP) is -0.120. The molecular weight excluding hydrogens is 64.0 g/mol. The normalized spacial score (nSPS) is 16.0. The maximum Gasteiger partial charge on any atom is 0.368 e. The van der Waals surface area contributed by atoms with Crippen molar-refractivity contribution in [3.8, 4) is 6.19 Å². The van der Waals surface area contributed by atoms with E-state index in [-0.39, 0.29) is 0 Å². The average Bonchev–Trinajstić information content (AvgIpc) is 1.76. The number of hydrogen-bond donors (Lipinski definition) is 1. The van der Waals surface area contributed by atoms with E-state index >= 15 is 0 Å². The molecule has 2 heteroatoms. The monoisotopic (exact) mass is 69.0 g/mol. The van der Waals surface area contributed by atoms with E-state index in [1.165, 1.54) is 0 Å². The summed E-state index contributed by atoms with van der Waals surface area (Å²) in [4.78, 5) is 3.72. The fraction of sp³-hybridized carbons (Fsp3) is 0.667. The Morgan fingerprint density at radius 2 is 2.80 bits per heavy atom. The van der Waals surface area contributed by atoms with Crippen LogP contribution in [0.3, 0.4) is 0 Å². The van der Waals surface area contributed by atoms with Gasteiger partial charge in [-0.2, -0.15) is 4.85 Å². The van der Waals surface area contributed by atoms with Gasteiger partial charge >= 0.3 is 6.19 Å². The molecule has 1 aliphatic heterocycles. The molecule has 1 N–H and O–H groups in total. The summed E-state index contributed by atoms with van der Waals surface area (Å²) < 4.78 is 0. The number of rotatable bonds is 0. The molecule has 1 heterocycles. The number of nitrogens with one attached hydrogen (secondary N) is 1. The highest BCUT2D eigenvalue weighted by Crippen LogP contribution is 1.70. The molecule has 0 saturated heterocycles. The smallest absolute Gasteiger partial charge is 0.218 e. The molecule has 0 atom stereocenters. The zero-order valence-electron chi connectivity index (χ0n) is 2.86. The molecule has 1 aliphatic rings. The van der Waals surface area contributed by atoms with Gasteiger partial charge in [0.05, 0.1) is 0 Å². The Balaban J connectivity index is 2.42. The molecular formula is C3H5N2+. The zero-order chi connectivity index (χ0) is 3.54. The van der Waals surface area contributed by atoms with Gasteiger partial charge in [-0.1, -0.05) is 0 Å². The van der Waals surface area contributed by atoms with Crippen LogP contribution < -0.4 is 5.32 Å². The van der Waals surface area contributed by atoms with Gasteiger partial charge in [0.1, 0.15) is 6.54 Å². The third-order valence-corrected chi connectivity index (χ3v) is 0.507. The van der Waals surface area contributed by atoms with Crippen molar-refractivity contribution in [3.63, 3.8) is 0 Å². The third-order valence-electron chi connectivity index (χ3n) is 0.507. The first-order valence-electron chi connectivity index (χ1n) is 1.64. The average molecular weight is 69.1 g/mol. The minimum Gasteiger partial charge on any atom is -0.218 e. The van der Waals surface area contributed by atoms with Crippen molar-refractivity contribution in [2.24, 2.45) is 0 Å². The molecule has 5 heavy (non-hydrogen) atoms. The lowest BCUT2D eigenvalue weighted by atomic mass is 10.7. The van der Waals surface area contributed by atoms with E-state index in [1.807, 2.05) is 0 Å². The molecule has 0 fully saturated rings. The van der Waals surface area contributed by atoms with Crippen LogP contribution in [0.5, 0.6) is 0 Å². The predicted molar refractivity (Wildman–Crippen MR) is 20.1 cm³/mol. The third kappa shape index (κ3) is 0.297. The van der Waals surface area contributed by atoms with Crippen molar-refractivity contribution in [2.45, 2.75) is 0 Å². The Kier molecular flexibility index (Phi) is 0.473. The van der Waals surface area contributed by atoms with Crippen molar-refractivity contribution in [2.75, 3.05) is 13.1 Å². The lowest BCUT2D eigenvalue weighted by Crippen LogP contribution is -2.02. The first kappa shape index (κ1) is 2.52. The van der Waals surface area contributed by atoms with E-state index < -0.39 is 0 Å². The fourth-order valence-corrected chi connectivity index (χ4v) is 0.280. The summed E-state index contributed by atoms with van der Waals surface area (Å²) in [5, 5.41) is 2.81. The Morgan fingerprint density at radius 3 is 3.00 bits per heavy atom. The molecule has 0 aromatic heterocycles. The van der Waals surface area contributed by atoms with Crippen LogP contribution in [0.4, 0.5) is 0 Å². The van der Waals surface area contributed by atoms with Gasteiger partial charge in [0.25, 0.3) is 0 Å². The molecule has 0 aromatic carbocycles. The van der Waals surface area contributed by atoms with Crippen LogP contribution in [0, 0.1) is 6.19 Å². The molecule has 0 bridgehead atoms. The second-order valence-electron chi connectivity index (χ2n) is 0.920. The molecule has 0 amide bonds. The Labute approximate surface area is 30.6 Å². The Morgan fingerprint density at radius 1 is 1.80 bits per heavy atom. The van der Waals surface area contributed by atoms with Crippen molar-refractivity contribution in [3.05, 3.63) is 4.85 Å². The quantitative estimate of drug-likeness (QED) is 0.392. The first-order valence-corrected chi connectivity index (χ1v) is 1.64. The van der Waals surface area contributed by atoms with Gasteiger partial charge in [0.2, 0.25) is 6.54 Å². The van der Waals surface area contributed by atoms with Crippen LogP contribution in [0.15, 0.2) is 0 Å². The molecule has 0 aliphatic carbocycles. The highest BCUT2D eigenvalue weighted by molar-refractivity contribution is 4.90. The molecule has 0 spiro atoms. The van der Waals surface area contributed by atoms with Crippen LogP contribution in [0.25, 0.3) is 4.85 Å². The van der Waals surface area contributed by atoms with E-state index in [9.17, 15) is 0 Å². The van der Waals surface area contributed by atoms with E-state index in [2.05, 4.69) is 16.4 Å². The van der Waals surface area contributed by atoms with Crippen LogP contribution in [-0.2, 0) is 0 Å². The zero-order valence-corrected chi connectivity index (χ0v) is 2.86. The van der Waals surface area contributed by atoms with Crippen molar-refractivity contribution in [1.29, 1.82) is 0 Å². The van der Waals surface area contributed by atoms with Crippen molar-refractivity contribution >= 4 is 0 Å². The van der Waals surface area contributed by atoms with Crippen LogP contribution in [0.2, 0.25) is 0 Å². The lowest BCUT2D eigenvalue weighted by Gasteiger charge is -1.61. The first-order chi connectivity index (χ1) is 2.50. The lowest BCUT2D eigenvalue weighted by molar-refractivity contribution is 0.969. The molecule has 2 nitrogen and oxygen atoms in total. The minimum absolute atomic E-state index is 0.903. The largest absolute Gasteiger partial charge is 0.368 e. The fourth-order valence-electron chi connectivity index (χ4n) is 0.280. The summed E-state index contributed by atoms with van der Waals surface area (Å²) in [7, 11) is 0.